The molecule has 58 heavy (non-hydrogen) atoms. The molecule has 3 heterocycles. The van der Waals surface area contributed by atoms with Crippen LogP contribution in [0.2, 0.25) is 0 Å². The topological polar surface area (TPSA) is 27.3 Å². The van der Waals surface area contributed by atoms with Gasteiger partial charge in [0.2, 0.25) is 0 Å². The summed E-state index contributed by atoms with van der Waals surface area (Å²) in [4.78, 5) is 0. The molecule has 0 radical (unpaired) electrons. The van der Waals surface area contributed by atoms with Gasteiger partial charge >= 0.3 is 0 Å². The normalized spacial score (nSPS) is 13.1. The van der Waals surface area contributed by atoms with Crippen molar-refractivity contribution in [1.29, 1.82) is 0 Å². The Bertz CT molecular complexity index is 3320. The van der Waals surface area contributed by atoms with Crippen molar-refractivity contribution in [3.05, 3.63) is 235 Å². The van der Waals surface area contributed by atoms with Crippen LogP contribution in [0.5, 0.6) is 11.5 Å². The summed E-state index contributed by atoms with van der Waals surface area (Å²) in [5.74, 6) is 1.66. The van der Waals surface area contributed by atoms with Gasteiger partial charge in [-0.2, -0.15) is 0 Å². The van der Waals surface area contributed by atoms with Gasteiger partial charge in [0.1, 0.15) is 22.7 Å². The average molecular weight is 742 g/mol. The summed E-state index contributed by atoms with van der Waals surface area (Å²) in [6.07, 6.45) is 0. The zero-order valence-electron chi connectivity index (χ0n) is 31.5. The number of fused-ring (bicyclic) bond motifs is 8. The highest BCUT2D eigenvalue weighted by Crippen LogP contribution is 2.58. The van der Waals surface area contributed by atoms with E-state index in [2.05, 4.69) is 211 Å². The highest BCUT2D eigenvalue weighted by molar-refractivity contribution is 6.14. The second-order valence-corrected chi connectivity index (χ2v) is 15.2. The van der Waals surface area contributed by atoms with Gasteiger partial charge in [0.15, 0.2) is 0 Å². The van der Waals surface area contributed by atoms with E-state index >= 15 is 0 Å². The molecule has 0 bridgehead atoms. The lowest BCUT2D eigenvalue weighted by molar-refractivity contribution is 0.436. The maximum absolute atomic E-state index is 7.16. The molecule has 3 nitrogen and oxygen atoms in total. The van der Waals surface area contributed by atoms with Gasteiger partial charge in [-0.05, 0) is 64.7 Å². The predicted molar refractivity (Wildman–Crippen MR) is 237 cm³/mol. The standard InChI is InChI=1S/C55H35NO2/c1-4-17-36(18-5-1)37-31-32-50-44(33-37)41-23-10-13-28-49(41)56(50)40-34-45-42-24-11-14-29-51(42)57-53(45)46(35-40)43-25-16-27-48-54(43)58-52-30-15-12-26-47(52)55(48,38-19-6-2-7-20-38)39-21-8-3-9-22-39/h1-35H. The fourth-order valence-electron chi connectivity index (χ4n) is 9.64. The minimum Gasteiger partial charge on any atom is -0.456 e. The summed E-state index contributed by atoms with van der Waals surface area (Å²) in [5.41, 5.74) is 13.3. The maximum atomic E-state index is 7.16. The first kappa shape index (κ1) is 32.6. The Hall–Kier alpha value is -7.62. The van der Waals surface area contributed by atoms with Crippen LogP contribution in [0.25, 0.3) is 71.7 Å². The molecular weight excluding hydrogens is 707 g/mol. The number of hydrogen-bond acceptors (Lipinski definition) is 2. The lowest BCUT2D eigenvalue weighted by atomic mass is 9.63. The van der Waals surface area contributed by atoms with Crippen LogP contribution < -0.4 is 4.74 Å². The number of benzene rings is 9. The Balaban J connectivity index is 1.17. The number of nitrogens with zero attached hydrogens (tertiary/aromatic N) is 1. The number of para-hydroxylation sites is 4. The summed E-state index contributed by atoms with van der Waals surface area (Å²) in [6.45, 7) is 0. The van der Waals surface area contributed by atoms with Gasteiger partial charge in [0, 0.05) is 49.5 Å². The Labute approximate surface area is 335 Å². The molecule has 0 unspecified atom stereocenters. The molecule has 2 aromatic heterocycles. The summed E-state index contributed by atoms with van der Waals surface area (Å²) >= 11 is 0. The first-order valence-corrected chi connectivity index (χ1v) is 19.8. The number of furan rings is 1. The van der Waals surface area contributed by atoms with E-state index in [1.54, 1.807) is 0 Å². The van der Waals surface area contributed by atoms with Crippen molar-refractivity contribution in [3.63, 3.8) is 0 Å². The van der Waals surface area contributed by atoms with Crippen LogP contribution in [-0.4, -0.2) is 4.57 Å². The number of rotatable bonds is 5. The Morgan fingerprint density at radius 2 is 1.03 bits per heavy atom. The minimum atomic E-state index is -0.642. The highest BCUT2D eigenvalue weighted by atomic mass is 16.5. The fourth-order valence-corrected chi connectivity index (χ4v) is 9.64. The molecule has 0 saturated heterocycles. The van der Waals surface area contributed by atoms with Gasteiger partial charge < -0.3 is 13.7 Å². The molecule has 0 atom stereocenters. The molecule has 0 saturated carbocycles. The van der Waals surface area contributed by atoms with Crippen molar-refractivity contribution >= 4 is 43.7 Å². The molecule has 1 aliphatic heterocycles. The third kappa shape index (κ3) is 4.68. The molecule has 0 aliphatic carbocycles. The van der Waals surface area contributed by atoms with Crippen molar-refractivity contribution < 1.29 is 9.15 Å². The van der Waals surface area contributed by atoms with Gasteiger partial charge in [0.05, 0.1) is 16.4 Å². The Morgan fingerprint density at radius 3 is 1.83 bits per heavy atom. The van der Waals surface area contributed by atoms with Crippen LogP contribution in [0.3, 0.4) is 0 Å². The van der Waals surface area contributed by atoms with Crippen molar-refractivity contribution in [2.45, 2.75) is 5.41 Å². The molecule has 272 valence electrons. The summed E-state index contributed by atoms with van der Waals surface area (Å²) in [5, 5.41) is 4.55. The van der Waals surface area contributed by atoms with Crippen LogP contribution in [0, 0.1) is 0 Å². The number of ether oxygens (including phenoxy) is 1. The average Bonchev–Trinajstić information content (AvgIpc) is 3.84. The third-order valence-corrected chi connectivity index (χ3v) is 12.1. The molecule has 11 aromatic rings. The van der Waals surface area contributed by atoms with E-state index in [9.17, 15) is 0 Å². The van der Waals surface area contributed by atoms with E-state index in [0.29, 0.717) is 0 Å². The van der Waals surface area contributed by atoms with Crippen molar-refractivity contribution in [1.82, 2.24) is 4.57 Å². The molecule has 0 N–H and O–H groups in total. The minimum absolute atomic E-state index is 0.642. The van der Waals surface area contributed by atoms with Crippen molar-refractivity contribution in [3.8, 4) is 39.4 Å². The van der Waals surface area contributed by atoms with Gasteiger partial charge in [-0.3, -0.25) is 0 Å². The quantitative estimate of drug-likeness (QED) is 0.176. The van der Waals surface area contributed by atoms with E-state index in [1.165, 1.54) is 33.0 Å². The largest absolute Gasteiger partial charge is 0.456 e. The zero-order chi connectivity index (χ0) is 38.2. The molecule has 0 fully saturated rings. The predicted octanol–water partition coefficient (Wildman–Crippen LogP) is 14.5. The monoisotopic (exact) mass is 741 g/mol. The van der Waals surface area contributed by atoms with Crippen LogP contribution >= 0.6 is 0 Å². The molecule has 0 spiro atoms. The number of aromatic nitrogens is 1. The first-order chi connectivity index (χ1) is 28.8. The van der Waals surface area contributed by atoms with Crippen molar-refractivity contribution in [2.24, 2.45) is 0 Å². The van der Waals surface area contributed by atoms with Gasteiger partial charge in [-0.25, -0.2) is 0 Å². The van der Waals surface area contributed by atoms with E-state index in [4.69, 9.17) is 9.15 Å². The molecule has 1 aliphatic rings. The van der Waals surface area contributed by atoms with E-state index < -0.39 is 5.41 Å². The molecule has 12 rings (SSSR count). The van der Waals surface area contributed by atoms with Crippen LogP contribution in [0.4, 0.5) is 0 Å². The summed E-state index contributed by atoms with van der Waals surface area (Å²) in [7, 11) is 0. The Kier molecular flexibility index (Phi) is 7.14. The highest BCUT2D eigenvalue weighted by Gasteiger charge is 2.46. The first-order valence-electron chi connectivity index (χ1n) is 19.8. The van der Waals surface area contributed by atoms with Gasteiger partial charge in [-0.15, -0.1) is 0 Å². The van der Waals surface area contributed by atoms with Crippen molar-refractivity contribution in [2.75, 3.05) is 0 Å². The van der Waals surface area contributed by atoms with Gasteiger partial charge in [-0.1, -0.05) is 170 Å². The smallest absolute Gasteiger partial charge is 0.143 e. The molecule has 9 aromatic carbocycles. The third-order valence-electron chi connectivity index (χ3n) is 12.1. The zero-order valence-corrected chi connectivity index (χ0v) is 31.5. The van der Waals surface area contributed by atoms with E-state index in [0.717, 1.165) is 72.4 Å². The fraction of sp³-hybridized carbons (Fsp3) is 0.0182. The molecule has 0 amide bonds. The second kappa shape index (κ2) is 12.7. The van der Waals surface area contributed by atoms with Crippen LogP contribution in [0.15, 0.2) is 217 Å². The van der Waals surface area contributed by atoms with Crippen LogP contribution in [-0.2, 0) is 5.41 Å². The second-order valence-electron chi connectivity index (χ2n) is 15.2. The summed E-state index contributed by atoms with van der Waals surface area (Å²) in [6, 6.07) is 76.0. The summed E-state index contributed by atoms with van der Waals surface area (Å²) < 4.78 is 16.4. The Morgan fingerprint density at radius 1 is 0.397 bits per heavy atom. The molecule has 3 heteroatoms. The lowest BCUT2D eigenvalue weighted by Gasteiger charge is -2.42. The van der Waals surface area contributed by atoms with E-state index in [-0.39, 0.29) is 0 Å². The maximum Gasteiger partial charge on any atom is 0.143 e. The SMILES string of the molecule is c1ccc(-c2ccc3c(c2)c2ccccc2n3-c2cc(-c3cccc4c3Oc3ccccc3C4(c3ccccc3)c3ccccc3)c3oc4ccccc4c3c2)cc1. The van der Waals surface area contributed by atoms with Gasteiger partial charge in [0.25, 0.3) is 0 Å². The van der Waals surface area contributed by atoms with E-state index in [1.807, 2.05) is 6.07 Å². The lowest BCUT2D eigenvalue weighted by Crippen LogP contribution is -2.34. The van der Waals surface area contributed by atoms with Crippen LogP contribution in [0.1, 0.15) is 22.3 Å². The molecular formula is C55H35NO2. The number of hydrogen-bond donors (Lipinski definition) is 0.